The fraction of sp³-hybridized carbons (Fsp3) is 0.176. The van der Waals surface area contributed by atoms with Gasteiger partial charge in [0, 0.05) is 21.4 Å². The molecule has 0 N–H and O–H groups in total. The second-order valence-corrected chi connectivity index (χ2v) is 8.33. The van der Waals surface area contributed by atoms with Crippen LogP contribution in [-0.4, -0.2) is 25.8 Å². The van der Waals surface area contributed by atoms with Crippen LogP contribution in [0.2, 0.25) is 0 Å². The van der Waals surface area contributed by atoms with Gasteiger partial charge >= 0.3 is 0 Å². The molecule has 0 atom stereocenters. The van der Waals surface area contributed by atoms with Crippen LogP contribution in [0.4, 0.5) is 0 Å². The van der Waals surface area contributed by atoms with Gasteiger partial charge in [-0.2, -0.15) is 0 Å². The predicted molar refractivity (Wildman–Crippen MR) is 94.0 cm³/mol. The molecule has 3 rings (SSSR count). The highest BCUT2D eigenvalue weighted by atomic mass is 32.2. The summed E-state index contributed by atoms with van der Waals surface area (Å²) in [4.78, 5) is 1.94. The minimum absolute atomic E-state index is 0.655. The Morgan fingerprint density at radius 2 is 1.78 bits per heavy atom. The van der Waals surface area contributed by atoms with E-state index in [-0.39, 0.29) is 0 Å². The third kappa shape index (κ3) is 3.23. The predicted octanol–water partition coefficient (Wildman–Crippen LogP) is 3.92. The second kappa shape index (κ2) is 5.94. The molecule has 3 aromatic rings. The zero-order chi connectivity index (χ0) is 16.6. The Labute approximate surface area is 140 Å². The number of benzene rings is 2. The van der Waals surface area contributed by atoms with Crippen LogP contribution in [0.25, 0.3) is 10.9 Å². The first-order valence-electron chi connectivity index (χ1n) is 7.02. The highest BCUT2D eigenvalue weighted by Gasteiger charge is 2.16. The second-order valence-electron chi connectivity index (χ2n) is 5.35. The topological polar surface area (TPSA) is 48.3 Å². The molecule has 0 bridgehead atoms. The molecule has 0 amide bonds. The number of methoxy groups -OCH3 is 1. The van der Waals surface area contributed by atoms with Gasteiger partial charge in [-0.05, 0) is 37.3 Å². The van der Waals surface area contributed by atoms with E-state index in [1.807, 2.05) is 37.3 Å². The van der Waals surface area contributed by atoms with Gasteiger partial charge in [0.25, 0.3) is 0 Å². The van der Waals surface area contributed by atoms with Crippen LogP contribution in [0.3, 0.4) is 0 Å². The molecule has 120 valence electrons. The van der Waals surface area contributed by atoms with Crippen LogP contribution < -0.4 is 4.74 Å². The molecule has 0 fully saturated rings. The van der Waals surface area contributed by atoms with Gasteiger partial charge in [-0.1, -0.05) is 29.5 Å². The van der Waals surface area contributed by atoms with Crippen molar-refractivity contribution < 1.29 is 13.2 Å². The molecule has 2 aromatic carbocycles. The maximum absolute atomic E-state index is 12.0. The zero-order valence-electron chi connectivity index (χ0n) is 13.1. The van der Waals surface area contributed by atoms with Gasteiger partial charge in [0.05, 0.1) is 18.9 Å². The summed E-state index contributed by atoms with van der Waals surface area (Å²) in [6, 6.07) is 13.6. The van der Waals surface area contributed by atoms with Gasteiger partial charge in [0.15, 0.2) is 0 Å². The summed E-state index contributed by atoms with van der Waals surface area (Å²) in [5.41, 5.74) is 1.84. The van der Waals surface area contributed by atoms with Crippen LogP contribution in [0.5, 0.6) is 5.75 Å². The van der Waals surface area contributed by atoms with Gasteiger partial charge in [-0.25, -0.2) is 12.4 Å². The van der Waals surface area contributed by atoms with E-state index in [2.05, 4.69) is 0 Å². The maximum Gasteiger partial charge on any atom is 0.236 e. The average Bonchev–Trinajstić information content (AvgIpc) is 2.87. The average molecular weight is 347 g/mol. The van der Waals surface area contributed by atoms with E-state index in [4.69, 9.17) is 4.74 Å². The van der Waals surface area contributed by atoms with Gasteiger partial charge in [0.1, 0.15) is 5.75 Å². The van der Waals surface area contributed by atoms with E-state index in [0.717, 1.165) is 15.2 Å². The Morgan fingerprint density at radius 3 is 2.39 bits per heavy atom. The van der Waals surface area contributed by atoms with Crippen molar-refractivity contribution in [2.24, 2.45) is 0 Å². The molecular weight excluding hydrogens is 330 g/mol. The van der Waals surface area contributed by atoms with E-state index in [1.165, 1.54) is 15.8 Å². The fourth-order valence-electron chi connectivity index (χ4n) is 2.37. The van der Waals surface area contributed by atoms with Gasteiger partial charge < -0.3 is 4.74 Å². The standard InChI is InChI=1S/C17H17NO3S2/c1-12-4-7-14(8-5-12)22-17-11-18(23(3,19)20)16-9-6-13(21-2)10-15(16)17/h4-11H,1-3H3. The van der Waals surface area contributed by atoms with Crippen molar-refractivity contribution in [2.45, 2.75) is 16.7 Å². The summed E-state index contributed by atoms with van der Waals surface area (Å²) >= 11 is 1.54. The molecule has 0 radical (unpaired) electrons. The first kappa shape index (κ1) is 16.0. The van der Waals surface area contributed by atoms with Crippen molar-refractivity contribution in [1.29, 1.82) is 0 Å². The number of fused-ring (bicyclic) bond motifs is 1. The fourth-order valence-corrected chi connectivity index (χ4v) is 4.20. The van der Waals surface area contributed by atoms with Gasteiger partial charge in [-0.15, -0.1) is 0 Å². The Balaban J connectivity index is 2.16. The molecule has 0 aliphatic heterocycles. The van der Waals surface area contributed by atoms with E-state index < -0.39 is 10.0 Å². The highest BCUT2D eigenvalue weighted by molar-refractivity contribution is 7.99. The first-order valence-corrected chi connectivity index (χ1v) is 9.69. The van der Waals surface area contributed by atoms with Crippen molar-refractivity contribution in [3.63, 3.8) is 0 Å². The molecule has 0 unspecified atom stereocenters. The van der Waals surface area contributed by atoms with Crippen molar-refractivity contribution in [1.82, 2.24) is 3.97 Å². The number of ether oxygens (including phenoxy) is 1. The molecule has 6 heteroatoms. The molecule has 4 nitrogen and oxygen atoms in total. The highest BCUT2D eigenvalue weighted by Crippen LogP contribution is 2.37. The van der Waals surface area contributed by atoms with Crippen molar-refractivity contribution >= 4 is 32.7 Å². The molecule has 0 saturated heterocycles. The molecule has 1 aromatic heterocycles. The summed E-state index contributed by atoms with van der Waals surface area (Å²) in [5.74, 6) is 0.703. The lowest BCUT2D eigenvalue weighted by Crippen LogP contribution is -2.07. The van der Waals surface area contributed by atoms with Crippen LogP contribution in [0.15, 0.2) is 58.5 Å². The molecule has 0 aliphatic rings. The first-order chi connectivity index (χ1) is 10.9. The summed E-state index contributed by atoms with van der Waals surface area (Å²) < 4.78 is 30.7. The van der Waals surface area contributed by atoms with Crippen LogP contribution in [0, 0.1) is 6.92 Å². The van der Waals surface area contributed by atoms with Gasteiger partial charge in [0.2, 0.25) is 10.0 Å². The summed E-state index contributed by atoms with van der Waals surface area (Å²) in [6.07, 6.45) is 2.88. The third-order valence-corrected chi connectivity index (χ3v) is 5.62. The summed E-state index contributed by atoms with van der Waals surface area (Å²) in [7, 11) is -1.77. The normalized spacial score (nSPS) is 11.8. The summed E-state index contributed by atoms with van der Waals surface area (Å²) in [5, 5.41) is 0.861. The zero-order valence-corrected chi connectivity index (χ0v) is 14.7. The Kier molecular flexibility index (Phi) is 4.12. The number of aromatic nitrogens is 1. The number of rotatable bonds is 4. The molecule has 0 spiro atoms. The monoisotopic (exact) mass is 347 g/mol. The van der Waals surface area contributed by atoms with Crippen molar-refractivity contribution in [3.05, 3.63) is 54.2 Å². The molecule has 0 saturated carbocycles. The van der Waals surface area contributed by atoms with Crippen molar-refractivity contribution in [3.8, 4) is 5.75 Å². The Morgan fingerprint density at radius 1 is 1.09 bits per heavy atom. The van der Waals surface area contributed by atoms with Crippen LogP contribution in [0.1, 0.15) is 5.56 Å². The molecule has 23 heavy (non-hydrogen) atoms. The summed E-state index contributed by atoms with van der Waals surface area (Å²) in [6.45, 7) is 2.04. The Bertz CT molecular complexity index is 957. The number of nitrogens with zero attached hydrogens (tertiary/aromatic N) is 1. The lowest BCUT2D eigenvalue weighted by Gasteiger charge is -2.03. The van der Waals surface area contributed by atoms with E-state index in [9.17, 15) is 8.42 Å². The molecular formula is C17H17NO3S2. The van der Waals surface area contributed by atoms with Crippen molar-refractivity contribution in [2.75, 3.05) is 13.4 Å². The van der Waals surface area contributed by atoms with E-state index in [1.54, 1.807) is 37.2 Å². The third-order valence-electron chi connectivity index (χ3n) is 3.55. The van der Waals surface area contributed by atoms with E-state index >= 15 is 0 Å². The van der Waals surface area contributed by atoms with E-state index in [0.29, 0.717) is 11.3 Å². The lowest BCUT2D eigenvalue weighted by molar-refractivity contribution is 0.415. The van der Waals surface area contributed by atoms with Crippen LogP contribution >= 0.6 is 11.8 Å². The molecule has 1 heterocycles. The maximum atomic E-state index is 12.0. The number of hydrogen-bond donors (Lipinski definition) is 0. The number of aryl methyl sites for hydroxylation is 1. The lowest BCUT2D eigenvalue weighted by atomic mass is 10.2. The number of hydrogen-bond acceptors (Lipinski definition) is 4. The SMILES string of the molecule is COc1ccc2c(c1)c(Sc1ccc(C)cc1)cn2S(C)(=O)=O. The smallest absolute Gasteiger partial charge is 0.236 e. The quantitative estimate of drug-likeness (QED) is 0.718. The minimum Gasteiger partial charge on any atom is -0.497 e. The Hall–Kier alpha value is -1.92. The van der Waals surface area contributed by atoms with Crippen LogP contribution in [-0.2, 0) is 10.0 Å². The molecule has 0 aliphatic carbocycles. The van der Waals surface area contributed by atoms with Gasteiger partial charge in [-0.3, -0.25) is 0 Å². The minimum atomic E-state index is -3.36. The largest absolute Gasteiger partial charge is 0.497 e.